The Morgan fingerprint density at radius 3 is 2.33 bits per heavy atom. The van der Waals surface area contributed by atoms with Gasteiger partial charge in [-0.25, -0.2) is 0 Å². The van der Waals surface area contributed by atoms with Crippen LogP contribution in [-0.2, 0) is 9.47 Å². The minimum Gasteiger partial charge on any atom is -0.396 e. The fraction of sp³-hybridized carbons (Fsp3) is 0.905. The molecule has 1 N–H and O–H groups in total. The van der Waals surface area contributed by atoms with Crippen LogP contribution >= 0.6 is 0 Å². The summed E-state index contributed by atoms with van der Waals surface area (Å²) in [5.74, 6) is 2.52. The third kappa shape index (κ3) is 3.59. The molecule has 0 aromatic carbocycles. The van der Waals surface area contributed by atoms with Gasteiger partial charge in [0.15, 0.2) is 6.29 Å². The van der Waals surface area contributed by atoms with E-state index in [9.17, 15) is 0 Å². The molecule has 0 aromatic rings. The van der Waals surface area contributed by atoms with Crippen LogP contribution in [0.3, 0.4) is 0 Å². The molecule has 2 saturated carbocycles. The van der Waals surface area contributed by atoms with Crippen molar-refractivity contribution in [2.24, 2.45) is 28.6 Å². The molecule has 5 rings (SSSR count). The fourth-order valence-electron chi connectivity index (χ4n) is 5.02. The van der Waals surface area contributed by atoms with Crippen LogP contribution in [0.15, 0.2) is 11.6 Å². The summed E-state index contributed by atoms with van der Waals surface area (Å²) in [4.78, 5) is 0. The van der Waals surface area contributed by atoms with Crippen molar-refractivity contribution in [3.63, 3.8) is 0 Å². The van der Waals surface area contributed by atoms with E-state index in [1.165, 1.54) is 31.3 Å². The van der Waals surface area contributed by atoms with Crippen molar-refractivity contribution < 1.29 is 14.6 Å². The van der Waals surface area contributed by atoms with E-state index < -0.39 is 0 Å². The van der Waals surface area contributed by atoms with Gasteiger partial charge in [-0.1, -0.05) is 39.3 Å². The van der Waals surface area contributed by atoms with E-state index in [2.05, 4.69) is 33.8 Å². The molecule has 0 amide bonds. The Hall–Kier alpha value is -0.380. The van der Waals surface area contributed by atoms with Crippen molar-refractivity contribution in [2.45, 2.75) is 72.5 Å². The zero-order valence-electron chi connectivity index (χ0n) is 16.0. The predicted octanol–water partition coefficient (Wildman–Crippen LogP) is 4.55. The van der Waals surface area contributed by atoms with E-state index >= 15 is 0 Å². The highest BCUT2D eigenvalue weighted by Crippen LogP contribution is 2.59. The molecule has 138 valence electrons. The number of aliphatic hydroxyl groups is 1. The zero-order valence-corrected chi connectivity index (χ0v) is 16.0. The van der Waals surface area contributed by atoms with E-state index in [4.69, 9.17) is 14.6 Å². The first-order valence-electron chi connectivity index (χ1n) is 9.87. The Bertz CT molecular complexity index is 460. The van der Waals surface area contributed by atoms with Gasteiger partial charge in [-0.15, -0.1) is 0 Å². The second-order valence-corrected chi connectivity index (χ2v) is 9.43. The van der Waals surface area contributed by atoms with Crippen LogP contribution in [0, 0.1) is 28.6 Å². The first-order valence-corrected chi connectivity index (χ1v) is 9.87. The second-order valence-electron chi connectivity index (χ2n) is 9.43. The van der Waals surface area contributed by atoms with Crippen molar-refractivity contribution in [1.29, 1.82) is 0 Å². The number of allylic oxidation sites excluding steroid dienone is 1. The minimum absolute atomic E-state index is 0.106. The molecule has 3 heteroatoms. The van der Waals surface area contributed by atoms with Gasteiger partial charge >= 0.3 is 0 Å². The average Bonchev–Trinajstić information content (AvgIpc) is 3.06. The van der Waals surface area contributed by atoms with Gasteiger partial charge in [-0.3, -0.25) is 0 Å². The highest BCUT2D eigenvalue weighted by atomic mass is 16.7. The molecule has 1 aliphatic heterocycles. The summed E-state index contributed by atoms with van der Waals surface area (Å²) in [5.41, 5.74) is 2.58. The van der Waals surface area contributed by atoms with Gasteiger partial charge in [0.05, 0.1) is 13.2 Å². The number of ether oxygens (including phenoxy) is 2. The molecule has 24 heavy (non-hydrogen) atoms. The third-order valence-corrected chi connectivity index (χ3v) is 7.39. The lowest BCUT2D eigenvalue weighted by Gasteiger charge is -2.56. The maximum Gasteiger partial charge on any atom is 0.158 e. The van der Waals surface area contributed by atoms with Crippen molar-refractivity contribution in [3.05, 3.63) is 11.6 Å². The van der Waals surface area contributed by atoms with Gasteiger partial charge < -0.3 is 14.6 Å². The van der Waals surface area contributed by atoms with Crippen LogP contribution in [0.5, 0.6) is 0 Å². The van der Waals surface area contributed by atoms with Crippen molar-refractivity contribution in [3.8, 4) is 0 Å². The molecular weight excluding hydrogens is 300 g/mol. The van der Waals surface area contributed by atoms with Crippen molar-refractivity contribution in [2.75, 3.05) is 19.8 Å². The summed E-state index contributed by atoms with van der Waals surface area (Å²) in [6.45, 7) is 11.3. The number of rotatable bonds is 4. The molecular formula is C21H36O3. The number of hydrogen-bond acceptors (Lipinski definition) is 3. The lowest BCUT2D eigenvalue weighted by Crippen LogP contribution is -2.48. The van der Waals surface area contributed by atoms with Crippen LogP contribution < -0.4 is 0 Å². The molecule has 0 aromatic heterocycles. The smallest absolute Gasteiger partial charge is 0.158 e. The molecule has 3 atom stereocenters. The standard InChI is InChI=1S/C11H18O.C10H18O2/c1-11(2)9-4-3-8(5-6-12)10(11)7-9;1-10(2)4-3-8(10)7-9-11-5-6-12-9/h3,9-10,12H,4-7H2,1-2H3;8-9H,3-7H2,1-2H3/t9-,10-;8-/m01/s1. The topological polar surface area (TPSA) is 38.7 Å². The Labute approximate surface area is 147 Å². The Balaban J connectivity index is 0.000000141. The van der Waals surface area contributed by atoms with Crippen LogP contribution in [0.25, 0.3) is 0 Å². The van der Waals surface area contributed by atoms with Gasteiger partial charge in [0, 0.05) is 13.0 Å². The van der Waals surface area contributed by atoms with Gasteiger partial charge in [0.25, 0.3) is 0 Å². The first-order chi connectivity index (χ1) is 11.3. The quantitative estimate of drug-likeness (QED) is 0.766. The summed E-state index contributed by atoms with van der Waals surface area (Å²) >= 11 is 0. The van der Waals surface area contributed by atoms with E-state index in [1.54, 1.807) is 0 Å². The highest BCUT2D eigenvalue weighted by Gasteiger charge is 2.50. The number of fused-ring (bicyclic) bond motifs is 1. The summed E-state index contributed by atoms with van der Waals surface area (Å²) < 4.78 is 10.9. The number of aliphatic hydroxyl groups excluding tert-OH is 1. The summed E-state index contributed by atoms with van der Waals surface area (Å²) in [6.07, 6.45) is 9.82. The maximum atomic E-state index is 8.88. The minimum atomic E-state index is 0.106. The third-order valence-electron chi connectivity index (χ3n) is 7.39. The lowest BCUT2D eigenvalue weighted by molar-refractivity contribution is -0.0870. The number of hydrogen-bond donors (Lipinski definition) is 1. The molecule has 2 bridgehead atoms. The Kier molecular flexibility index (Phi) is 5.44. The molecule has 4 aliphatic carbocycles. The monoisotopic (exact) mass is 336 g/mol. The first kappa shape index (κ1) is 18.4. The zero-order chi connectivity index (χ0) is 17.4. The lowest BCUT2D eigenvalue weighted by atomic mass is 9.48. The van der Waals surface area contributed by atoms with Gasteiger partial charge in [0.1, 0.15) is 0 Å². The average molecular weight is 337 g/mol. The fourth-order valence-corrected chi connectivity index (χ4v) is 5.02. The summed E-state index contributed by atoms with van der Waals surface area (Å²) in [5, 5.41) is 8.88. The largest absolute Gasteiger partial charge is 0.396 e. The van der Waals surface area contributed by atoms with E-state index in [-0.39, 0.29) is 6.29 Å². The van der Waals surface area contributed by atoms with Crippen LogP contribution in [-0.4, -0.2) is 31.2 Å². The summed E-state index contributed by atoms with van der Waals surface area (Å²) in [6, 6.07) is 0. The second kappa shape index (κ2) is 7.09. The predicted molar refractivity (Wildman–Crippen MR) is 96.6 cm³/mol. The Morgan fingerprint density at radius 2 is 1.88 bits per heavy atom. The summed E-state index contributed by atoms with van der Waals surface area (Å²) in [7, 11) is 0. The molecule has 0 radical (unpaired) electrons. The van der Waals surface area contributed by atoms with Crippen molar-refractivity contribution >= 4 is 0 Å². The SMILES string of the molecule is CC1(C)CC[C@@H]1CC1OCCO1.CC1(C)[C@H]2CC=C(CCO)[C@@H]1C2. The molecule has 5 aliphatic rings. The van der Waals surface area contributed by atoms with E-state index in [0.717, 1.165) is 43.8 Å². The molecule has 1 saturated heterocycles. The maximum absolute atomic E-state index is 8.88. The highest BCUT2D eigenvalue weighted by molar-refractivity contribution is 5.23. The van der Waals surface area contributed by atoms with Crippen molar-refractivity contribution in [1.82, 2.24) is 0 Å². The molecule has 1 heterocycles. The molecule has 0 unspecified atom stereocenters. The van der Waals surface area contributed by atoms with Gasteiger partial charge in [-0.2, -0.15) is 0 Å². The normalized spacial score (nSPS) is 36.0. The van der Waals surface area contributed by atoms with Gasteiger partial charge in [0.2, 0.25) is 0 Å². The van der Waals surface area contributed by atoms with Gasteiger partial charge in [-0.05, 0) is 60.7 Å². The van der Waals surface area contributed by atoms with E-state index in [1.807, 2.05) is 0 Å². The van der Waals surface area contributed by atoms with Crippen LogP contribution in [0.1, 0.15) is 66.2 Å². The molecule has 0 spiro atoms. The molecule has 3 nitrogen and oxygen atoms in total. The van der Waals surface area contributed by atoms with Crippen LogP contribution in [0.4, 0.5) is 0 Å². The van der Waals surface area contributed by atoms with Crippen LogP contribution in [0.2, 0.25) is 0 Å². The molecule has 3 fully saturated rings. The van der Waals surface area contributed by atoms with E-state index in [0.29, 0.717) is 17.4 Å². The Morgan fingerprint density at radius 1 is 1.17 bits per heavy atom.